The normalized spacial score (nSPS) is 25.0. The molecule has 0 amide bonds. The molecule has 0 saturated carbocycles. The number of aliphatic carboxylic acids is 2. The first-order valence-corrected chi connectivity index (χ1v) is 10.7. The number of rotatable bonds is 6. The summed E-state index contributed by atoms with van der Waals surface area (Å²) >= 11 is 1.23. The number of nitrogens with zero attached hydrogens (tertiary/aromatic N) is 3. The van der Waals surface area contributed by atoms with Gasteiger partial charge in [-0.3, -0.25) is 9.69 Å². The number of hydrogen-bond donors (Lipinski definition) is 3. The van der Waals surface area contributed by atoms with Gasteiger partial charge in [0, 0.05) is 30.2 Å². The highest BCUT2D eigenvalue weighted by Crippen LogP contribution is 2.40. The minimum absolute atomic E-state index is 0.0125. The third kappa shape index (κ3) is 4.35. The van der Waals surface area contributed by atoms with Gasteiger partial charge in [-0.15, -0.1) is 11.3 Å². The van der Waals surface area contributed by atoms with E-state index in [0.717, 1.165) is 4.90 Å². The van der Waals surface area contributed by atoms with E-state index in [1.807, 2.05) is 0 Å². The molecule has 4 rings (SSSR count). The molecule has 1 unspecified atom stereocenters. The fraction of sp³-hybridized carbons (Fsp3) is 0.333. The molecule has 0 spiro atoms. The number of alkyl halides is 2. The van der Waals surface area contributed by atoms with Gasteiger partial charge in [0.25, 0.3) is 5.92 Å². The molecule has 3 heterocycles. The number of hydrogen-bond acceptors (Lipinski definition) is 7. The van der Waals surface area contributed by atoms with E-state index in [9.17, 15) is 33.0 Å². The van der Waals surface area contributed by atoms with Gasteiger partial charge in [-0.25, -0.2) is 27.9 Å². The average molecular weight is 480 g/mol. The Hall–Kier alpha value is -3.25. The summed E-state index contributed by atoms with van der Waals surface area (Å²) in [7, 11) is 0. The maximum Gasteiger partial charge on any atom is 0.336 e. The van der Waals surface area contributed by atoms with Crippen molar-refractivity contribution in [2.45, 2.75) is 30.8 Å². The van der Waals surface area contributed by atoms with E-state index in [1.165, 1.54) is 48.7 Å². The third-order valence-electron chi connectivity index (χ3n) is 5.66. The standard InChI is InChI=1S/C21H19F3N4O4S/c1-20(11-2-4-12(22)5-3-11)15(19(31)32)13(26-16(27-20)17-25-6-7-33-17)9-28-10-21(23,24)8-14(28)18(29)30/h2-7,14H,8-10H2,1H3,(H,26,27)(H,29,30)(H,31,32)/t14-,20?/m0/s1. The van der Waals surface area contributed by atoms with E-state index >= 15 is 0 Å². The molecule has 0 aliphatic carbocycles. The van der Waals surface area contributed by atoms with Crippen LogP contribution in [0.1, 0.15) is 23.9 Å². The number of carboxylic acids is 2. The fourth-order valence-corrected chi connectivity index (χ4v) is 4.76. The number of aliphatic imine (C=N–C) groups is 1. The molecule has 12 heteroatoms. The zero-order chi connectivity index (χ0) is 24.0. The van der Waals surface area contributed by atoms with Crippen LogP contribution in [0.15, 0.2) is 52.1 Å². The van der Waals surface area contributed by atoms with Crippen LogP contribution in [0.25, 0.3) is 0 Å². The van der Waals surface area contributed by atoms with Gasteiger partial charge in [0.15, 0.2) is 10.8 Å². The summed E-state index contributed by atoms with van der Waals surface area (Å²) in [6, 6.07) is 3.65. The summed E-state index contributed by atoms with van der Waals surface area (Å²) in [4.78, 5) is 33.8. The van der Waals surface area contributed by atoms with Crippen LogP contribution >= 0.6 is 11.3 Å². The van der Waals surface area contributed by atoms with Gasteiger partial charge in [-0.2, -0.15) is 0 Å². The average Bonchev–Trinajstić information content (AvgIpc) is 3.35. The summed E-state index contributed by atoms with van der Waals surface area (Å²) in [6.07, 6.45) is 0.650. The molecule has 2 aliphatic rings. The third-order valence-corrected chi connectivity index (χ3v) is 6.44. The molecule has 0 bridgehead atoms. The zero-order valence-corrected chi connectivity index (χ0v) is 18.1. The fourth-order valence-electron chi connectivity index (χ4n) is 4.18. The van der Waals surface area contributed by atoms with Gasteiger partial charge in [-0.05, 0) is 24.6 Å². The molecule has 2 aromatic rings. The Morgan fingerprint density at radius 1 is 1.27 bits per heavy atom. The van der Waals surface area contributed by atoms with E-state index in [4.69, 9.17) is 0 Å². The van der Waals surface area contributed by atoms with Crippen LogP contribution in [0.3, 0.4) is 0 Å². The molecule has 174 valence electrons. The first-order chi connectivity index (χ1) is 15.5. The lowest BCUT2D eigenvalue weighted by Crippen LogP contribution is -2.46. The molecule has 1 aromatic heterocycles. The summed E-state index contributed by atoms with van der Waals surface area (Å²) in [5.41, 5.74) is -1.41. The van der Waals surface area contributed by atoms with E-state index < -0.39 is 54.8 Å². The molecule has 1 fully saturated rings. The predicted octanol–water partition coefficient (Wildman–Crippen LogP) is 2.68. The number of thiazole rings is 1. The van der Waals surface area contributed by atoms with Crippen molar-refractivity contribution in [2.75, 3.05) is 13.1 Å². The van der Waals surface area contributed by atoms with E-state index in [-0.39, 0.29) is 17.1 Å². The van der Waals surface area contributed by atoms with Crippen LogP contribution in [0, 0.1) is 5.82 Å². The molecule has 0 radical (unpaired) electrons. The second-order valence-electron chi connectivity index (χ2n) is 7.98. The van der Waals surface area contributed by atoms with Gasteiger partial charge in [0.2, 0.25) is 0 Å². The topological polar surface area (TPSA) is 115 Å². The highest BCUT2D eigenvalue weighted by atomic mass is 32.1. The van der Waals surface area contributed by atoms with Crippen molar-refractivity contribution in [1.82, 2.24) is 15.2 Å². The number of aromatic nitrogens is 1. The predicted molar refractivity (Wildman–Crippen MR) is 113 cm³/mol. The molecule has 1 saturated heterocycles. The van der Waals surface area contributed by atoms with Crippen molar-refractivity contribution < 1.29 is 33.0 Å². The molecule has 1 aromatic carbocycles. The Labute approximate surface area is 190 Å². The minimum atomic E-state index is -3.23. The number of carboxylic acid groups (broad SMARTS) is 2. The smallest absolute Gasteiger partial charge is 0.336 e. The molecule has 3 N–H and O–H groups in total. The maximum absolute atomic E-state index is 14.0. The zero-order valence-electron chi connectivity index (χ0n) is 17.3. The van der Waals surface area contributed by atoms with Crippen LogP contribution in [0.2, 0.25) is 0 Å². The Kier molecular flexibility index (Phi) is 5.74. The molecule has 2 atom stereocenters. The van der Waals surface area contributed by atoms with Crippen molar-refractivity contribution >= 4 is 29.1 Å². The Morgan fingerprint density at radius 2 is 1.97 bits per heavy atom. The highest BCUT2D eigenvalue weighted by molar-refractivity contribution is 7.11. The lowest BCUT2D eigenvalue weighted by Gasteiger charge is -2.35. The van der Waals surface area contributed by atoms with Crippen molar-refractivity contribution in [3.63, 3.8) is 0 Å². The number of nitrogens with one attached hydrogen (secondary N) is 1. The minimum Gasteiger partial charge on any atom is -0.480 e. The lowest BCUT2D eigenvalue weighted by atomic mass is 9.82. The van der Waals surface area contributed by atoms with E-state index in [0.29, 0.717) is 10.6 Å². The molecule has 2 aliphatic heterocycles. The number of amidine groups is 1. The largest absolute Gasteiger partial charge is 0.480 e. The number of carbonyl (C=O) groups is 2. The molecule has 8 nitrogen and oxygen atoms in total. The van der Waals surface area contributed by atoms with Gasteiger partial charge >= 0.3 is 11.9 Å². The van der Waals surface area contributed by atoms with Crippen molar-refractivity contribution in [3.8, 4) is 0 Å². The second kappa shape index (κ2) is 8.27. The molecular weight excluding hydrogens is 461 g/mol. The Bertz CT molecular complexity index is 1150. The van der Waals surface area contributed by atoms with Crippen molar-refractivity contribution in [2.24, 2.45) is 4.99 Å². The van der Waals surface area contributed by atoms with Gasteiger partial charge in [-0.1, -0.05) is 12.1 Å². The first kappa shape index (κ1) is 22.9. The van der Waals surface area contributed by atoms with Crippen LogP contribution in [-0.4, -0.2) is 62.9 Å². The SMILES string of the molecule is CC1(c2ccc(F)cc2)N=C(c2nccs2)NC(CN2CC(F)(F)C[C@H]2C(=O)O)=C1C(=O)O. The van der Waals surface area contributed by atoms with Gasteiger partial charge in [0.05, 0.1) is 12.1 Å². The van der Waals surface area contributed by atoms with Crippen LogP contribution in [0.5, 0.6) is 0 Å². The Balaban J connectivity index is 1.84. The monoisotopic (exact) mass is 480 g/mol. The second-order valence-corrected chi connectivity index (χ2v) is 8.87. The first-order valence-electron chi connectivity index (χ1n) is 9.84. The Morgan fingerprint density at radius 3 is 2.55 bits per heavy atom. The highest BCUT2D eigenvalue weighted by Gasteiger charge is 2.50. The summed E-state index contributed by atoms with van der Waals surface area (Å²) in [5, 5.41) is 24.5. The van der Waals surface area contributed by atoms with E-state index in [2.05, 4.69) is 15.3 Å². The van der Waals surface area contributed by atoms with E-state index in [1.54, 1.807) is 5.38 Å². The van der Waals surface area contributed by atoms with Crippen LogP contribution < -0.4 is 5.32 Å². The number of benzene rings is 1. The molecule has 33 heavy (non-hydrogen) atoms. The van der Waals surface area contributed by atoms with Gasteiger partial charge in [0.1, 0.15) is 17.4 Å². The van der Waals surface area contributed by atoms with Crippen molar-refractivity contribution in [3.05, 3.63) is 63.5 Å². The quantitative estimate of drug-likeness (QED) is 0.582. The summed E-state index contributed by atoms with van der Waals surface area (Å²) in [6.45, 7) is 0.291. The molecular formula is C21H19F3N4O4S. The van der Waals surface area contributed by atoms with Crippen molar-refractivity contribution in [1.29, 1.82) is 0 Å². The number of halogens is 3. The summed E-state index contributed by atoms with van der Waals surface area (Å²) in [5.74, 6) is -6.34. The summed E-state index contributed by atoms with van der Waals surface area (Å²) < 4.78 is 41.6. The van der Waals surface area contributed by atoms with Gasteiger partial charge < -0.3 is 15.5 Å². The van der Waals surface area contributed by atoms with Crippen LogP contribution in [-0.2, 0) is 15.1 Å². The maximum atomic E-state index is 14.0. The van der Waals surface area contributed by atoms with Crippen LogP contribution in [0.4, 0.5) is 13.2 Å². The lowest BCUT2D eigenvalue weighted by molar-refractivity contribution is -0.142. The number of likely N-dealkylation sites (tertiary alicyclic amines) is 1.